The Morgan fingerprint density at radius 3 is 2.50 bits per heavy atom. The second-order valence-corrected chi connectivity index (χ2v) is 4.96. The van der Waals surface area contributed by atoms with E-state index in [2.05, 4.69) is 10.6 Å². The van der Waals surface area contributed by atoms with Crippen molar-refractivity contribution in [2.45, 2.75) is 25.8 Å². The number of piperidine rings is 1. The molecule has 100 valence electrons. The third kappa shape index (κ3) is 3.27. The van der Waals surface area contributed by atoms with Gasteiger partial charge in [-0.2, -0.15) is 0 Å². The van der Waals surface area contributed by atoms with E-state index >= 15 is 0 Å². The molecule has 0 amide bonds. The van der Waals surface area contributed by atoms with Gasteiger partial charge in [-0.05, 0) is 57.5 Å². The molecule has 18 heavy (non-hydrogen) atoms. The van der Waals surface area contributed by atoms with Gasteiger partial charge in [0.2, 0.25) is 0 Å². The summed E-state index contributed by atoms with van der Waals surface area (Å²) in [4.78, 5) is 0. The van der Waals surface area contributed by atoms with Crippen LogP contribution in [0.4, 0.5) is 8.78 Å². The van der Waals surface area contributed by atoms with E-state index in [0.717, 1.165) is 32.5 Å². The van der Waals surface area contributed by atoms with Gasteiger partial charge in [0.15, 0.2) is 0 Å². The van der Waals surface area contributed by atoms with Gasteiger partial charge in [0.05, 0.1) is 0 Å². The number of rotatable bonds is 4. The topological polar surface area (TPSA) is 24.1 Å². The highest BCUT2D eigenvalue weighted by atomic mass is 19.1. The minimum absolute atomic E-state index is 0.145. The molecular formula is C14H20F2N2. The van der Waals surface area contributed by atoms with Crippen LogP contribution in [0.3, 0.4) is 0 Å². The van der Waals surface area contributed by atoms with Crippen molar-refractivity contribution in [3.05, 3.63) is 35.4 Å². The normalized spacial score (nSPS) is 18.8. The van der Waals surface area contributed by atoms with E-state index in [0.29, 0.717) is 5.92 Å². The van der Waals surface area contributed by atoms with Crippen molar-refractivity contribution in [3.63, 3.8) is 0 Å². The third-order valence-electron chi connectivity index (χ3n) is 3.60. The van der Waals surface area contributed by atoms with Crippen LogP contribution in [-0.2, 0) is 0 Å². The summed E-state index contributed by atoms with van der Waals surface area (Å²) < 4.78 is 27.2. The molecule has 2 nitrogen and oxygen atoms in total. The van der Waals surface area contributed by atoms with Crippen molar-refractivity contribution in [2.24, 2.45) is 5.92 Å². The van der Waals surface area contributed by atoms with Crippen molar-refractivity contribution < 1.29 is 8.78 Å². The van der Waals surface area contributed by atoms with Crippen molar-refractivity contribution in [1.29, 1.82) is 0 Å². The first kappa shape index (κ1) is 13.4. The van der Waals surface area contributed by atoms with Gasteiger partial charge in [-0.15, -0.1) is 0 Å². The summed E-state index contributed by atoms with van der Waals surface area (Å²) in [5.74, 6) is -0.343. The summed E-state index contributed by atoms with van der Waals surface area (Å²) in [6.07, 6.45) is 2.25. The second-order valence-electron chi connectivity index (χ2n) is 4.96. The Hall–Kier alpha value is -1.00. The first-order chi connectivity index (χ1) is 8.68. The maximum Gasteiger partial charge on any atom is 0.130 e. The number of hydrogen-bond acceptors (Lipinski definition) is 2. The molecule has 2 N–H and O–H groups in total. The molecule has 1 atom stereocenters. The fourth-order valence-electron chi connectivity index (χ4n) is 2.46. The second kappa shape index (κ2) is 6.25. The summed E-state index contributed by atoms with van der Waals surface area (Å²) in [5.41, 5.74) is 0.145. The minimum Gasteiger partial charge on any atom is -0.317 e. The quantitative estimate of drug-likeness (QED) is 0.863. The van der Waals surface area contributed by atoms with E-state index in [-0.39, 0.29) is 11.6 Å². The van der Waals surface area contributed by atoms with E-state index < -0.39 is 11.6 Å². The molecular weight excluding hydrogens is 234 g/mol. The maximum absolute atomic E-state index is 13.6. The van der Waals surface area contributed by atoms with Gasteiger partial charge in [-0.3, -0.25) is 0 Å². The fraction of sp³-hybridized carbons (Fsp3) is 0.571. The molecule has 1 heterocycles. The Morgan fingerprint density at radius 1 is 1.28 bits per heavy atom. The molecule has 2 rings (SSSR count). The van der Waals surface area contributed by atoms with E-state index in [9.17, 15) is 8.78 Å². The van der Waals surface area contributed by atoms with Crippen LogP contribution in [-0.4, -0.2) is 19.6 Å². The molecule has 0 spiro atoms. The number of benzene rings is 1. The molecule has 1 fully saturated rings. The Bertz CT molecular complexity index is 369. The highest BCUT2D eigenvalue weighted by Gasteiger charge is 2.18. The number of hydrogen-bond donors (Lipinski definition) is 2. The first-order valence-electron chi connectivity index (χ1n) is 6.56. The smallest absolute Gasteiger partial charge is 0.130 e. The van der Waals surface area contributed by atoms with Gasteiger partial charge in [-0.1, -0.05) is 6.07 Å². The average Bonchev–Trinajstić information content (AvgIpc) is 2.37. The molecule has 1 aliphatic heterocycles. The van der Waals surface area contributed by atoms with Crippen LogP contribution >= 0.6 is 0 Å². The summed E-state index contributed by atoms with van der Waals surface area (Å²) in [7, 11) is 0. The predicted octanol–water partition coefficient (Wildman–Crippen LogP) is 2.62. The monoisotopic (exact) mass is 254 g/mol. The van der Waals surface area contributed by atoms with E-state index in [1.54, 1.807) is 0 Å². The van der Waals surface area contributed by atoms with Crippen molar-refractivity contribution in [1.82, 2.24) is 10.6 Å². The van der Waals surface area contributed by atoms with Crippen molar-refractivity contribution >= 4 is 0 Å². The van der Waals surface area contributed by atoms with Gasteiger partial charge in [0.25, 0.3) is 0 Å². The molecule has 0 saturated carbocycles. The molecule has 0 bridgehead atoms. The molecule has 4 heteroatoms. The molecule has 0 aromatic heterocycles. The van der Waals surface area contributed by atoms with Crippen LogP contribution < -0.4 is 10.6 Å². The van der Waals surface area contributed by atoms with E-state index in [1.807, 2.05) is 6.92 Å². The highest BCUT2D eigenvalue weighted by molar-refractivity contribution is 5.22. The van der Waals surface area contributed by atoms with E-state index in [1.165, 1.54) is 18.2 Å². The van der Waals surface area contributed by atoms with Gasteiger partial charge >= 0.3 is 0 Å². The Morgan fingerprint density at radius 2 is 1.89 bits per heavy atom. The predicted molar refractivity (Wildman–Crippen MR) is 68.4 cm³/mol. The zero-order valence-electron chi connectivity index (χ0n) is 10.7. The lowest BCUT2D eigenvalue weighted by atomic mass is 9.97. The zero-order valence-corrected chi connectivity index (χ0v) is 10.7. The lowest BCUT2D eigenvalue weighted by Crippen LogP contribution is -2.34. The largest absolute Gasteiger partial charge is 0.317 e. The van der Waals surface area contributed by atoms with Crippen molar-refractivity contribution in [3.8, 4) is 0 Å². The van der Waals surface area contributed by atoms with Crippen LogP contribution in [0.5, 0.6) is 0 Å². The minimum atomic E-state index is -0.472. The van der Waals surface area contributed by atoms with Crippen LogP contribution in [0.15, 0.2) is 18.2 Å². The molecule has 1 aliphatic rings. The Labute approximate surface area is 107 Å². The summed E-state index contributed by atoms with van der Waals surface area (Å²) >= 11 is 0. The molecule has 0 aliphatic carbocycles. The average molecular weight is 254 g/mol. The lowest BCUT2D eigenvalue weighted by molar-refractivity contribution is 0.341. The fourth-order valence-corrected chi connectivity index (χ4v) is 2.46. The molecule has 1 aromatic carbocycles. The van der Waals surface area contributed by atoms with Crippen molar-refractivity contribution in [2.75, 3.05) is 19.6 Å². The molecule has 0 radical (unpaired) electrons. The van der Waals surface area contributed by atoms with Crippen LogP contribution in [0, 0.1) is 17.6 Å². The Balaban J connectivity index is 1.92. The first-order valence-corrected chi connectivity index (χ1v) is 6.56. The SMILES string of the molecule is CC(NCC1CCNCC1)c1c(F)cccc1F. The number of halogens is 2. The molecule has 1 saturated heterocycles. The summed E-state index contributed by atoms with van der Waals surface area (Å²) in [6, 6.07) is 3.72. The highest BCUT2D eigenvalue weighted by Crippen LogP contribution is 2.21. The molecule has 1 unspecified atom stereocenters. The summed E-state index contributed by atoms with van der Waals surface area (Å²) in [6.45, 7) is 4.70. The standard InChI is InChI=1S/C14H20F2N2/c1-10(14-12(15)3-2-4-13(14)16)18-9-11-5-7-17-8-6-11/h2-4,10-11,17-18H,5-9H2,1H3. The van der Waals surface area contributed by atoms with Crippen LogP contribution in [0.2, 0.25) is 0 Å². The summed E-state index contributed by atoms with van der Waals surface area (Å²) in [5, 5.41) is 6.55. The third-order valence-corrected chi connectivity index (χ3v) is 3.60. The van der Waals surface area contributed by atoms with Crippen LogP contribution in [0.25, 0.3) is 0 Å². The van der Waals surface area contributed by atoms with Gasteiger partial charge < -0.3 is 10.6 Å². The van der Waals surface area contributed by atoms with Crippen LogP contribution in [0.1, 0.15) is 31.4 Å². The van der Waals surface area contributed by atoms with E-state index in [4.69, 9.17) is 0 Å². The Kier molecular flexibility index (Phi) is 4.66. The number of nitrogens with one attached hydrogen (secondary N) is 2. The maximum atomic E-state index is 13.6. The van der Waals surface area contributed by atoms with Gasteiger partial charge in [0.1, 0.15) is 11.6 Å². The van der Waals surface area contributed by atoms with Gasteiger partial charge in [0, 0.05) is 11.6 Å². The lowest BCUT2D eigenvalue weighted by Gasteiger charge is -2.25. The zero-order chi connectivity index (χ0) is 13.0. The van der Waals surface area contributed by atoms with Gasteiger partial charge in [-0.25, -0.2) is 8.78 Å². The molecule has 1 aromatic rings.